The van der Waals surface area contributed by atoms with E-state index in [0.717, 1.165) is 19.3 Å². The van der Waals surface area contributed by atoms with Crippen molar-refractivity contribution in [3.63, 3.8) is 0 Å². The molecule has 31 heavy (non-hydrogen) atoms. The average Bonchev–Trinajstić information content (AvgIpc) is 2.74. The average molecular weight is 459 g/mol. The number of nitrogens with one attached hydrogen (secondary N) is 1. The summed E-state index contributed by atoms with van der Waals surface area (Å²) in [5.74, 6) is -1.24. The van der Waals surface area contributed by atoms with E-state index in [0.29, 0.717) is 12.2 Å². The van der Waals surface area contributed by atoms with Crippen molar-refractivity contribution in [3.05, 3.63) is 12.2 Å². The first-order chi connectivity index (χ1) is 14.9. The van der Waals surface area contributed by atoms with Gasteiger partial charge in [-0.05, 0) is 19.3 Å². The molecule has 0 rings (SSSR count). The molecule has 0 spiro atoms. The number of rotatable bonds is 21. The molecule has 0 aliphatic heterocycles. The van der Waals surface area contributed by atoms with Gasteiger partial charge in [0, 0.05) is 11.0 Å². The summed E-state index contributed by atoms with van der Waals surface area (Å²) in [6.45, 7) is 3.85. The van der Waals surface area contributed by atoms with Crippen LogP contribution in [-0.2, 0) is 9.59 Å². The van der Waals surface area contributed by atoms with Gasteiger partial charge in [0.05, 0.1) is 12.1 Å². The van der Waals surface area contributed by atoms with Crippen LogP contribution in [0.2, 0.25) is 0 Å². The molecule has 0 aliphatic rings. The lowest BCUT2D eigenvalue weighted by atomic mass is 10.1. The van der Waals surface area contributed by atoms with Gasteiger partial charge in [0.15, 0.2) is 0 Å². The zero-order chi connectivity index (χ0) is 23.3. The maximum absolute atomic E-state index is 11.8. The number of unbranched alkanes of at least 4 members (excludes halogenated alkanes) is 10. The van der Waals surface area contributed by atoms with E-state index in [2.05, 4.69) is 18.3 Å². The van der Waals surface area contributed by atoms with Crippen molar-refractivity contribution in [3.8, 4) is 0 Å². The Labute approximate surface area is 193 Å². The second-order valence-electron chi connectivity index (χ2n) is 8.27. The van der Waals surface area contributed by atoms with Crippen molar-refractivity contribution < 1.29 is 19.8 Å². The first kappa shape index (κ1) is 29.9. The van der Waals surface area contributed by atoms with Gasteiger partial charge in [-0.15, -0.1) is 11.8 Å². The maximum Gasteiger partial charge on any atom is 0.322 e. The van der Waals surface area contributed by atoms with Crippen LogP contribution in [0.4, 0.5) is 0 Å². The molecule has 0 saturated heterocycles. The van der Waals surface area contributed by atoms with Crippen molar-refractivity contribution in [1.29, 1.82) is 0 Å². The molecule has 0 aliphatic carbocycles. The van der Waals surface area contributed by atoms with Gasteiger partial charge in [0.25, 0.3) is 0 Å². The van der Waals surface area contributed by atoms with Gasteiger partial charge in [0.2, 0.25) is 5.91 Å². The van der Waals surface area contributed by atoms with Crippen LogP contribution in [0, 0.1) is 0 Å². The molecule has 3 atom stereocenters. The maximum atomic E-state index is 11.8. The third-order valence-electron chi connectivity index (χ3n) is 5.23. The lowest BCUT2D eigenvalue weighted by Gasteiger charge is -2.21. The fourth-order valence-electron chi connectivity index (χ4n) is 3.32. The third-order valence-corrected chi connectivity index (χ3v) is 6.64. The van der Waals surface area contributed by atoms with Crippen molar-refractivity contribution in [2.75, 3.05) is 12.3 Å². The Bertz CT molecular complexity index is 488. The smallest absolute Gasteiger partial charge is 0.322 e. The van der Waals surface area contributed by atoms with Gasteiger partial charge < -0.3 is 21.3 Å². The molecule has 7 heteroatoms. The van der Waals surface area contributed by atoms with E-state index in [4.69, 9.17) is 10.8 Å². The number of carbonyl (C=O) groups is 2. The highest BCUT2D eigenvalue weighted by atomic mass is 32.2. The minimum Gasteiger partial charge on any atom is -0.480 e. The van der Waals surface area contributed by atoms with Crippen LogP contribution in [0.5, 0.6) is 0 Å². The monoisotopic (exact) mass is 458 g/mol. The van der Waals surface area contributed by atoms with E-state index in [9.17, 15) is 14.7 Å². The highest BCUT2D eigenvalue weighted by Crippen LogP contribution is 2.21. The number of carboxylic acid groups (broad SMARTS) is 1. The summed E-state index contributed by atoms with van der Waals surface area (Å²) in [5.41, 5.74) is 5.86. The molecule has 182 valence electrons. The Morgan fingerprint density at radius 3 is 2.10 bits per heavy atom. The molecule has 0 radical (unpaired) electrons. The lowest BCUT2D eigenvalue weighted by Crippen LogP contribution is -2.44. The van der Waals surface area contributed by atoms with Crippen LogP contribution in [-0.4, -0.2) is 51.8 Å². The standard InChI is InChI=1S/C24H46N2O4S/c1-3-5-6-7-8-9-10-11-12-13-14-15-17-22(21(27)16-4-2)31-19-20(25)24(30)26-18-23(28)29/h15,17,20-22,27H,3-14,16,18-19,25H2,1-2H3,(H,26,30)(H,28,29). The number of aliphatic hydroxyl groups excluding tert-OH is 1. The number of hydrogen-bond donors (Lipinski definition) is 4. The summed E-state index contributed by atoms with van der Waals surface area (Å²) in [6.07, 6.45) is 19.4. The summed E-state index contributed by atoms with van der Waals surface area (Å²) >= 11 is 1.45. The molecule has 0 fully saturated rings. The summed E-state index contributed by atoms with van der Waals surface area (Å²) < 4.78 is 0. The van der Waals surface area contributed by atoms with Gasteiger partial charge in [-0.3, -0.25) is 9.59 Å². The SMILES string of the molecule is CCCCCCCCCCCCC=CC(SCC(N)C(=O)NCC(=O)O)C(O)CCC. The van der Waals surface area contributed by atoms with Crippen LogP contribution < -0.4 is 11.1 Å². The van der Waals surface area contributed by atoms with Crippen molar-refractivity contribution in [1.82, 2.24) is 5.32 Å². The van der Waals surface area contributed by atoms with E-state index in [-0.39, 0.29) is 5.25 Å². The molecule has 0 aromatic carbocycles. The summed E-state index contributed by atoms with van der Waals surface area (Å²) in [7, 11) is 0. The molecular weight excluding hydrogens is 412 g/mol. The molecule has 5 N–H and O–H groups in total. The minimum atomic E-state index is -1.10. The molecule has 0 heterocycles. The Kier molecular flexibility index (Phi) is 20.1. The van der Waals surface area contributed by atoms with Gasteiger partial charge in [-0.25, -0.2) is 0 Å². The fraction of sp³-hybridized carbons (Fsp3) is 0.833. The van der Waals surface area contributed by atoms with Crippen LogP contribution >= 0.6 is 11.8 Å². The van der Waals surface area contributed by atoms with Crippen molar-refractivity contribution in [2.45, 2.75) is 115 Å². The number of allylic oxidation sites excluding steroid dienone is 1. The second-order valence-corrected chi connectivity index (χ2v) is 9.48. The van der Waals surface area contributed by atoms with E-state index >= 15 is 0 Å². The van der Waals surface area contributed by atoms with Gasteiger partial charge in [-0.2, -0.15) is 0 Å². The Morgan fingerprint density at radius 1 is 0.968 bits per heavy atom. The zero-order valence-electron chi connectivity index (χ0n) is 19.7. The third kappa shape index (κ3) is 18.2. The van der Waals surface area contributed by atoms with E-state index in [1.54, 1.807) is 0 Å². The summed E-state index contributed by atoms with van der Waals surface area (Å²) in [5, 5.41) is 21.2. The number of thioether (sulfide) groups is 1. The van der Waals surface area contributed by atoms with Gasteiger partial charge in [-0.1, -0.05) is 90.2 Å². The second kappa shape index (κ2) is 20.8. The first-order valence-electron chi connectivity index (χ1n) is 12.1. The van der Waals surface area contributed by atoms with Crippen molar-refractivity contribution in [2.24, 2.45) is 5.73 Å². The fourth-order valence-corrected chi connectivity index (χ4v) is 4.48. The number of carboxylic acids is 1. The number of carbonyl (C=O) groups excluding carboxylic acids is 1. The predicted molar refractivity (Wildman–Crippen MR) is 131 cm³/mol. The normalized spacial score (nSPS) is 14.5. The number of nitrogens with two attached hydrogens (primary N) is 1. The molecule has 6 nitrogen and oxygen atoms in total. The molecule has 0 aromatic heterocycles. The molecule has 0 saturated carbocycles. The number of aliphatic hydroxyl groups is 1. The summed E-state index contributed by atoms with van der Waals surface area (Å²) in [4.78, 5) is 22.4. The molecule has 3 unspecified atom stereocenters. The predicted octanol–water partition coefficient (Wildman–Crippen LogP) is 4.64. The largest absolute Gasteiger partial charge is 0.480 e. The highest BCUT2D eigenvalue weighted by Gasteiger charge is 2.20. The van der Waals surface area contributed by atoms with Crippen molar-refractivity contribution >= 4 is 23.6 Å². The van der Waals surface area contributed by atoms with Crippen LogP contribution in [0.25, 0.3) is 0 Å². The van der Waals surface area contributed by atoms with Crippen LogP contribution in [0.1, 0.15) is 97.3 Å². The minimum absolute atomic E-state index is 0.110. The molecular formula is C24H46N2O4S. The Hall–Kier alpha value is -1.05. The Balaban J connectivity index is 4.12. The van der Waals surface area contributed by atoms with Gasteiger partial charge >= 0.3 is 5.97 Å². The highest BCUT2D eigenvalue weighted by molar-refractivity contribution is 8.00. The molecule has 0 aromatic rings. The summed E-state index contributed by atoms with van der Waals surface area (Å²) in [6, 6.07) is -0.795. The zero-order valence-corrected chi connectivity index (χ0v) is 20.5. The first-order valence-corrected chi connectivity index (χ1v) is 13.2. The topological polar surface area (TPSA) is 113 Å². The lowest BCUT2D eigenvalue weighted by molar-refractivity contribution is -0.138. The van der Waals surface area contributed by atoms with E-state index < -0.39 is 30.6 Å². The van der Waals surface area contributed by atoms with Crippen LogP contribution in [0.3, 0.4) is 0 Å². The quantitative estimate of drug-likeness (QED) is 0.147. The Morgan fingerprint density at radius 2 is 1.55 bits per heavy atom. The van der Waals surface area contributed by atoms with E-state index in [1.165, 1.54) is 69.5 Å². The number of aliphatic carboxylic acids is 1. The van der Waals surface area contributed by atoms with Crippen LogP contribution in [0.15, 0.2) is 12.2 Å². The molecule has 0 bridgehead atoms. The molecule has 1 amide bonds. The van der Waals surface area contributed by atoms with E-state index in [1.807, 2.05) is 13.0 Å². The van der Waals surface area contributed by atoms with Gasteiger partial charge in [0.1, 0.15) is 6.54 Å². The number of hydrogen-bond acceptors (Lipinski definition) is 5. The number of amides is 1.